The van der Waals surface area contributed by atoms with Gasteiger partial charge in [0.2, 0.25) is 5.91 Å². The van der Waals surface area contributed by atoms with Crippen LogP contribution < -0.4 is 4.31 Å². The summed E-state index contributed by atoms with van der Waals surface area (Å²) >= 11 is 0. The van der Waals surface area contributed by atoms with Crippen LogP contribution in [-0.4, -0.2) is 62.8 Å². The first-order valence-corrected chi connectivity index (χ1v) is 16.5. The average molecular weight is 621 g/mol. The minimum atomic E-state index is -3.98. The largest absolute Gasteiger partial charge is 0.508 e. The van der Waals surface area contributed by atoms with Crippen molar-refractivity contribution in [3.63, 3.8) is 0 Å². The summed E-state index contributed by atoms with van der Waals surface area (Å²) in [5.74, 6) is -2.15. The van der Waals surface area contributed by atoms with Crippen LogP contribution in [0.4, 0.5) is 10.5 Å². The molecule has 1 amide bonds. The van der Waals surface area contributed by atoms with Gasteiger partial charge in [-0.15, -0.1) is 0 Å². The Morgan fingerprint density at radius 2 is 1.84 bits per heavy atom. The zero-order chi connectivity index (χ0) is 31.3. The molecular formula is C33H36N2O8S. The fourth-order valence-corrected chi connectivity index (χ4v) is 9.43. The molecule has 1 saturated heterocycles. The van der Waals surface area contributed by atoms with E-state index in [1.807, 2.05) is 24.3 Å². The molecule has 4 aliphatic rings. The molecule has 10 nitrogen and oxygen atoms in total. The molecule has 0 bridgehead atoms. The van der Waals surface area contributed by atoms with Gasteiger partial charge in [0.25, 0.3) is 10.0 Å². The summed E-state index contributed by atoms with van der Waals surface area (Å²) in [4.78, 5) is 41.2. The monoisotopic (exact) mass is 620 g/mol. The van der Waals surface area contributed by atoms with Crippen molar-refractivity contribution in [2.24, 2.45) is 11.8 Å². The maximum Gasteiger partial charge on any atom is 0.508 e. The van der Waals surface area contributed by atoms with Gasteiger partial charge in [0, 0.05) is 11.3 Å². The van der Waals surface area contributed by atoms with E-state index in [1.54, 1.807) is 13.0 Å². The van der Waals surface area contributed by atoms with E-state index >= 15 is 0 Å². The first-order chi connectivity index (χ1) is 21.2. The molecule has 5 atom stereocenters. The van der Waals surface area contributed by atoms with Gasteiger partial charge in [0.1, 0.15) is 25.0 Å². The van der Waals surface area contributed by atoms with E-state index < -0.39 is 46.3 Å². The normalized spacial score (nSPS) is 25.2. The van der Waals surface area contributed by atoms with Crippen LogP contribution in [-0.2, 0) is 40.2 Å². The molecule has 11 heteroatoms. The Morgan fingerprint density at radius 3 is 2.57 bits per heavy atom. The molecule has 0 N–H and O–H groups in total. The molecule has 3 heterocycles. The highest BCUT2D eigenvalue weighted by Crippen LogP contribution is 2.56. The van der Waals surface area contributed by atoms with Gasteiger partial charge in [-0.3, -0.25) is 9.10 Å². The number of rotatable bonds is 10. The molecule has 232 valence electrons. The van der Waals surface area contributed by atoms with E-state index in [0.29, 0.717) is 35.9 Å². The fourth-order valence-electron chi connectivity index (χ4n) is 7.54. The lowest BCUT2D eigenvalue weighted by Crippen LogP contribution is -2.64. The molecule has 3 aliphatic heterocycles. The number of sulfonamides is 1. The highest BCUT2D eigenvalue weighted by atomic mass is 32.2. The Balaban J connectivity index is 1.43. The van der Waals surface area contributed by atoms with Crippen LogP contribution in [0.25, 0.3) is 10.8 Å². The molecule has 44 heavy (non-hydrogen) atoms. The Kier molecular flexibility index (Phi) is 7.77. The first-order valence-electron chi connectivity index (χ1n) is 15.1. The third-order valence-corrected chi connectivity index (χ3v) is 11.0. The smallest absolute Gasteiger partial charge is 0.457 e. The second kappa shape index (κ2) is 11.4. The van der Waals surface area contributed by atoms with Gasteiger partial charge in [-0.1, -0.05) is 63.3 Å². The van der Waals surface area contributed by atoms with E-state index in [1.165, 1.54) is 21.4 Å². The summed E-state index contributed by atoms with van der Waals surface area (Å²) in [5.41, 5.74) is 2.32. The molecule has 1 unspecified atom stereocenters. The molecule has 0 spiro atoms. The van der Waals surface area contributed by atoms with Crippen LogP contribution in [0.3, 0.4) is 0 Å². The van der Waals surface area contributed by atoms with Crippen LogP contribution in [0.15, 0.2) is 71.8 Å². The van der Waals surface area contributed by atoms with Crippen molar-refractivity contribution in [3.8, 4) is 0 Å². The SMILES string of the molecule is C=CCOC(=O)O[C@@H](C)[C@H]1C(=O)N2C(C(=O)OCC=C)=C3[C@H](CCC[C@@H]3N3c4cccc5c(CCC)ccc(c45)S3(=O)=O)C12. The van der Waals surface area contributed by atoms with Crippen molar-refractivity contribution in [1.82, 2.24) is 4.90 Å². The van der Waals surface area contributed by atoms with Crippen LogP contribution in [0.5, 0.6) is 0 Å². The Morgan fingerprint density at radius 1 is 1.09 bits per heavy atom. The van der Waals surface area contributed by atoms with Gasteiger partial charge in [-0.2, -0.15) is 0 Å². The number of benzene rings is 2. The standard InChI is InChI=1S/C33H36N2O8S/c1-5-10-20-15-16-25-27-21(20)11-8-13-23(27)35(44(25,39)40)24-14-9-12-22-28(24)30(32(37)41-17-6-2)34-29(22)26(31(34)36)19(4)43-33(38)42-18-7-3/h6-8,11,13,15-16,19,22,24,26,29H,2-3,5,9-10,12,14,17-18H2,1,4H3/t19-,22-,24-,26+,29?/m0/s1. The number of amides is 1. The lowest BCUT2D eigenvalue weighted by atomic mass is 9.71. The van der Waals surface area contributed by atoms with Gasteiger partial charge >= 0.3 is 12.1 Å². The molecule has 0 radical (unpaired) electrons. The van der Waals surface area contributed by atoms with Crippen LogP contribution >= 0.6 is 0 Å². The van der Waals surface area contributed by atoms with Crippen molar-refractivity contribution >= 4 is 44.5 Å². The molecule has 1 saturated carbocycles. The second-order valence-electron chi connectivity index (χ2n) is 11.6. The van der Waals surface area contributed by atoms with Gasteiger partial charge < -0.3 is 19.1 Å². The number of anilines is 1. The summed E-state index contributed by atoms with van der Waals surface area (Å²) in [6, 6.07) is 8.02. The number of ether oxygens (including phenoxy) is 3. The maximum absolute atomic E-state index is 14.3. The van der Waals surface area contributed by atoms with Gasteiger partial charge in [-0.05, 0) is 54.8 Å². The summed E-state index contributed by atoms with van der Waals surface area (Å²) < 4.78 is 45.9. The number of β-lactam (4-membered cyclic amide) rings is 1. The third-order valence-electron chi connectivity index (χ3n) is 9.15. The fraction of sp³-hybridized carbons (Fsp3) is 0.424. The number of aryl methyl sites for hydroxylation is 1. The Bertz CT molecular complexity index is 1710. The number of carbonyl (C=O) groups is 3. The quantitative estimate of drug-likeness (QED) is 0.206. The molecule has 2 aromatic rings. The molecule has 6 rings (SSSR count). The van der Waals surface area contributed by atoms with E-state index in [-0.39, 0.29) is 35.6 Å². The minimum Gasteiger partial charge on any atom is -0.457 e. The van der Waals surface area contributed by atoms with E-state index in [2.05, 4.69) is 20.1 Å². The number of hydrogen-bond acceptors (Lipinski definition) is 8. The van der Waals surface area contributed by atoms with Crippen molar-refractivity contribution in [2.75, 3.05) is 17.5 Å². The average Bonchev–Trinajstić information content (AvgIpc) is 3.42. The minimum absolute atomic E-state index is 0.0333. The summed E-state index contributed by atoms with van der Waals surface area (Å²) in [6.45, 7) is 10.7. The predicted molar refractivity (Wildman–Crippen MR) is 163 cm³/mol. The maximum atomic E-state index is 14.3. The van der Waals surface area contributed by atoms with Crippen molar-refractivity contribution in [2.45, 2.75) is 69.0 Å². The van der Waals surface area contributed by atoms with Crippen LogP contribution in [0, 0.1) is 11.8 Å². The number of hydrogen-bond donors (Lipinski definition) is 0. The zero-order valence-electron chi connectivity index (χ0n) is 24.9. The van der Waals surface area contributed by atoms with E-state index in [0.717, 1.165) is 23.8 Å². The summed E-state index contributed by atoms with van der Waals surface area (Å²) in [5, 5.41) is 1.59. The zero-order valence-corrected chi connectivity index (χ0v) is 25.7. The molecule has 1 aliphatic carbocycles. The van der Waals surface area contributed by atoms with E-state index in [9.17, 15) is 22.8 Å². The third kappa shape index (κ3) is 4.43. The number of nitrogens with zero attached hydrogens (tertiary/aromatic N) is 2. The molecule has 2 aromatic carbocycles. The van der Waals surface area contributed by atoms with Gasteiger partial charge in [-0.25, -0.2) is 18.0 Å². The van der Waals surface area contributed by atoms with Crippen molar-refractivity contribution < 1.29 is 37.0 Å². The van der Waals surface area contributed by atoms with Crippen LogP contribution in [0.2, 0.25) is 0 Å². The molecular weight excluding hydrogens is 584 g/mol. The lowest BCUT2D eigenvalue weighted by Gasteiger charge is -2.48. The van der Waals surface area contributed by atoms with E-state index in [4.69, 9.17) is 14.2 Å². The lowest BCUT2D eigenvalue weighted by molar-refractivity contribution is -0.165. The molecule has 2 fully saturated rings. The first kappa shape index (κ1) is 29.9. The number of esters is 1. The summed E-state index contributed by atoms with van der Waals surface area (Å²) in [6.07, 6.45) is 4.61. The Labute approximate surface area is 257 Å². The number of carbonyl (C=O) groups excluding carboxylic acids is 3. The summed E-state index contributed by atoms with van der Waals surface area (Å²) in [7, 11) is -3.98. The highest BCUT2D eigenvalue weighted by molar-refractivity contribution is 7.93. The second-order valence-corrected chi connectivity index (χ2v) is 13.4. The van der Waals surface area contributed by atoms with Crippen LogP contribution in [0.1, 0.15) is 45.1 Å². The van der Waals surface area contributed by atoms with Crippen molar-refractivity contribution in [3.05, 3.63) is 72.5 Å². The topological polar surface area (TPSA) is 120 Å². The number of fused-ring (bicyclic) bond motifs is 3. The van der Waals surface area contributed by atoms with Crippen molar-refractivity contribution in [1.29, 1.82) is 0 Å². The van der Waals surface area contributed by atoms with Gasteiger partial charge in [0.15, 0.2) is 0 Å². The Hall–Kier alpha value is -4.12. The predicted octanol–water partition coefficient (Wildman–Crippen LogP) is 5.02. The van der Waals surface area contributed by atoms with Gasteiger partial charge in [0.05, 0.1) is 28.6 Å². The molecule has 0 aromatic heterocycles. The highest BCUT2D eigenvalue weighted by Gasteiger charge is 2.64.